The van der Waals surface area contributed by atoms with Crippen molar-refractivity contribution in [3.05, 3.63) is 52.0 Å². The number of halogens is 2. The number of amides is 1. The zero-order chi connectivity index (χ0) is 15.0. The number of carbonyl (C=O) groups is 1. The van der Waals surface area contributed by atoms with E-state index in [-0.39, 0.29) is 5.91 Å². The minimum Gasteiger partial charge on any atom is -0.326 e. The summed E-state index contributed by atoms with van der Waals surface area (Å²) in [6.07, 6.45) is 1.48. The molecule has 1 aromatic carbocycles. The highest BCUT2D eigenvalue weighted by Gasteiger charge is 2.14. The molecule has 0 atom stereocenters. The first-order chi connectivity index (χ1) is 10.1. The smallest absolute Gasteiger partial charge is 0.275 e. The highest BCUT2D eigenvalue weighted by molar-refractivity contribution is 7.12. The number of hydrogen-bond donors (Lipinski definition) is 2. The topological polar surface area (TPSA) is 72.9 Å². The number of aromatic nitrogens is 2. The summed E-state index contributed by atoms with van der Waals surface area (Å²) in [6.45, 7) is 0.313. The third kappa shape index (κ3) is 2.39. The van der Waals surface area contributed by atoms with Crippen LogP contribution in [0.2, 0.25) is 0 Å². The second-order valence-corrected chi connectivity index (χ2v) is 5.29. The molecular weight excluding hydrogens is 298 g/mol. The molecule has 3 N–H and O–H groups in total. The van der Waals surface area contributed by atoms with Gasteiger partial charge in [0.05, 0.1) is 28.8 Å². The molecule has 0 aliphatic rings. The Kier molecular flexibility index (Phi) is 3.40. The number of nitrogens with one attached hydrogen (secondary N) is 1. The molecule has 0 aliphatic heterocycles. The van der Waals surface area contributed by atoms with Crippen molar-refractivity contribution in [3.63, 3.8) is 0 Å². The highest BCUT2D eigenvalue weighted by atomic mass is 32.1. The molecule has 8 heteroatoms. The molecule has 2 heterocycles. The minimum absolute atomic E-state index is 0.313. The Bertz CT molecular complexity index is 827. The maximum atomic E-state index is 13.4. The van der Waals surface area contributed by atoms with Crippen molar-refractivity contribution in [2.75, 3.05) is 0 Å². The Morgan fingerprint density at radius 1 is 1.38 bits per heavy atom. The molecule has 3 aromatic rings. The van der Waals surface area contributed by atoms with Crippen LogP contribution in [-0.4, -0.2) is 15.5 Å². The Balaban J connectivity index is 2.01. The van der Waals surface area contributed by atoms with E-state index in [2.05, 4.69) is 10.4 Å². The van der Waals surface area contributed by atoms with E-state index in [0.29, 0.717) is 22.5 Å². The van der Waals surface area contributed by atoms with Gasteiger partial charge in [-0.05, 0) is 17.0 Å². The molecule has 5 nitrogen and oxygen atoms in total. The number of nitrogen functional groups attached to an aromatic ring is 1. The first kappa shape index (κ1) is 13.7. The number of imidazole rings is 1. The number of nitrogens with zero attached hydrogens (tertiary/aromatic N) is 2. The maximum absolute atomic E-state index is 13.4. The van der Waals surface area contributed by atoms with E-state index in [1.165, 1.54) is 17.7 Å². The molecule has 0 radical (unpaired) electrons. The first-order valence-electron chi connectivity index (χ1n) is 5.97. The van der Waals surface area contributed by atoms with E-state index in [1.54, 1.807) is 16.0 Å². The van der Waals surface area contributed by atoms with Gasteiger partial charge in [-0.15, -0.1) is 11.3 Å². The Morgan fingerprint density at radius 2 is 2.14 bits per heavy atom. The molecule has 0 fully saturated rings. The summed E-state index contributed by atoms with van der Waals surface area (Å²) in [7, 11) is 0. The molecule has 1 amide bonds. The van der Waals surface area contributed by atoms with Crippen LogP contribution in [0.25, 0.3) is 11.0 Å². The quantitative estimate of drug-likeness (QED) is 0.442. The van der Waals surface area contributed by atoms with Crippen LogP contribution in [-0.2, 0) is 6.54 Å². The molecule has 108 valence electrons. The van der Waals surface area contributed by atoms with E-state index < -0.39 is 11.6 Å². The second kappa shape index (κ2) is 5.23. The van der Waals surface area contributed by atoms with Gasteiger partial charge < -0.3 is 4.57 Å². The fourth-order valence-corrected chi connectivity index (χ4v) is 2.91. The van der Waals surface area contributed by atoms with Crippen molar-refractivity contribution in [1.82, 2.24) is 15.0 Å². The lowest BCUT2D eigenvalue weighted by molar-refractivity contribution is 0.0957. The van der Waals surface area contributed by atoms with E-state index in [9.17, 15) is 13.6 Å². The minimum atomic E-state index is -0.938. The Morgan fingerprint density at radius 3 is 2.90 bits per heavy atom. The van der Waals surface area contributed by atoms with E-state index in [0.717, 1.165) is 17.7 Å². The van der Waals surface area contributed by atoms with E-state index in [4.69, 9.17) is 5.84 Å². The van der Waals surface area contributed by atoms with Crippen LogP contribution in [0, 0.1) is 11.6 Å². The number of hydrogen-bond acceptors (Lipinski definition) is 4. The lowest BCUT2D eigenvalue weighted by Gasteiger charge is -2.05. The van der Waals surface area contributed by atoms with Crippen molar-refractivity contribution >= 4 is 28.3 Å². The van der Waals surface area contributed by atoms with Gasteiger partial charge in [0.25, 0.3) is 5.91 Å². The van der Waals surface area contributed by atoms with Crippen LogP contribution >= 0.6 is 11.3 Å². The standard InChI is InChI=1S/C13H10F2N4OS/c14-8-3-10-11(4-9(8)15)19(6-17-10)5-7-1-2-21-12(7)13(20)18-16/h1-4,6H,5,16H2,(H,18,20). The molecule has 0 saturated carbocycles. The van der Waals surface area contributed by atoms with E-state index in [1.807, 2.05) is 0 Å². The van der Waals surface area contributed by atoms with Gasteiger partial charge in [-0.1, -0.05) is 0 Å². The predicted molar refractivity (Wildman–Crippen MR) is 74.7 cm³/mol. The molecule has 21 heavy (non-hydrogen) atoms. The van der Waals surface area contributed by atoms with Gasteiger partial charge in [-0.2, -0.15) is 0 Å². The molecular formula is C13H10F2N4OS. The van der Waals surface area contributed by atoms with Gasteiger partial charge in [0.1, 0.15) is 0 Å². The van der Waals surface area contributed by atoms with Crippen molar-refractivity contribution in [2.45, 2.75) is 6.54 Å². The van der Waals surface area contributed by atoms with Gasteiger partial charge in [0, 0.05) is 12.1 Å². The summed E-state index contributed by atoms with van der Waals surface area (Å²) >= 11 is 1.26. The molecule has 0 saturated heterocycles. The number of rotatable bonds is 3. The maximum Gasteiger partial charge on any atom is 0.275 e. The summed E-state index contributed by atoms with van der Waals surface area (Å²) < 4.78 is 28.2. The fourth-order valence-electron chi connectivity index (χ4n) is 2.09. The molecule has 0 aliphatic carbocycles. The van der Waals surface area contributed by atoms with Gasteiger partial charge in [0.15, 0.2) is 11.6 Å². The lowest BCUT2D eigenvalue weighted by Crippen LogP contribution is -2.30. The average molecular weight is 308 g/mol. The Labute approximate surface area is 122 Å². The van der Waals surface area contributed by atoms with Crippen LogP contribution in [0.15, 0.2) is 29.9 Å². The van der Waals surface area contributed by atoms with Crippen LogP contribution < -0.4 is 11.3 Å². The normalized spacial score (nSPS) is 11.0. The summed E-state index contributed by atoms with van der Waals surface area (Å²) in [5, 5.41) is 1.76. The summed E-state index contributed by atoms with van der Waals surface area (Å²) in [5.41, 5.74) is 3.62. The van der Waals surface area contributed by atoms with Crippen molar-refractivity contribution in [3.8, 4) is 0 Å². The molecule has 0 spiro atoms. The zero-order valence-electron chi connectivity index (χ0n) is 10.6. The Hall–Kier alpha value is -2.32. The van der Waals surface area contributed by atoms with Crippen LogP contribution in [0.3, 0.4) is 0 Å². The number of fused-ring (bicyclic) bond motifs is 1. The average Bonchev–Trinajstić information content (AvgIpc) is 3.07. The largest absolute Gasteiger partial charge is 0.326 e. The number of hydrazine groups is 1. The van der Waals surface area contributed by atoms with Crippen LogP contribution in [0.4, 0.5) is 8.78 Å². The van der Waals surface area contributed by atoms with Crippen LogP contribution in [0.1, 0.15) is 15.2 Å². The molecule has 0 bridgehead atoms. The fraction of sp³-hybridized carbons (Fsp3) is 0.0769. The third-order valence-electron chi connectivity index (χ3n) is 3.09. The summed E-state index contributed by atoms with van der Waals surface area (Å²) in [4.78, 5) is 16.1. The van der Waals surface area contributed by atoms with Gasteiger partial charge in [-0.3, -0.25) is 10.2 Å². The van der Waals surface area contributed by atoms with Crippen LogP contribution in [0.5, 0.6) is 0 Å². The lowest BCUT2D eigenvalue weighted by atomic mass is 10.2. The monoisotopic (exact) mass is 308 g/mol. The SMILES string of the molecule is NNC(=O)c1sccc1Cn1cnc2cc(F)c(F)cc21. The van der Waals surface area contributed by atoms with Gasteiger partial charge >= 0.3 is 0 Å². The third-order valence-corrected chi connectivity index (χ3v) is 4.04. The number of benzene rings is 1. The van der Waals surface area contributed by atoms with Gasteiger partial charge in [0.2, 0.25) is 0 Å². The highest BCUT2D eigenvalue weighted by Crippen LogP contribution is 2.22. The molecule has 2 aromatic heterocycles. The van der Waals surface area contributed by atoms with E-state index >= 15 is 0 Å². The first-order valence-corrected chi connectivity index (χ1v) is 6.85. The second-order valence-electron chi connectivity index (χ2n) is 4.38. The van der Waals surface area contributed by atoms with Crippen molar-refractivity contribution in [1.29, 1.82) is 0 Å². The number of nitrogens with two attached hydrogens (primary N) is 1. The number of carbonyl (C=O) groups excluding carboxylic acids is 1. The van der Waals surface area contributed by atoms with Crippen molar-refractivity contribution < 1.29 is 13.6 Å². The summed E-state index contributed by atoms with van der Waals surface area (Å²) in [5.74, 6) is 2.87. The summed E-state index contributed by atoms with van der Waals surface area (Å²) in [6, 6.07) is 3.91. The zero-order valence-corrected chi connectivity index (χ0v) is 11.5. The predicted octanol–water partition coefficient (Wildman–Crippen LogP) is 2.03. The van der Waals surface area contributed by atoms with Crippen molar-refractivity contribution in [2.24, 2.45) is 5.84 Å². The molecule has 0 unspecified atom stereocenters. The molecule has 3 rings (SSSR count). The van der Waals surface area contributed by atoms with Gasteiger partial charge in [-0.25, -0.2) is 19.6 Å². The number of thiophene rings is 1.